The van der Waals surface area contributed by atoms with Gasteiger partial charge in [0.05, 0.1) is 18.7 Å². The summed E-state index contributed by atoms with van der Waals surface area (Å²) in [5, 5.41) is 3.01. The second kappa shape index (κ2) is 8.50. The summed E-state index contributed by atoms with van der Waals surface area (Å²) in [4.78, 5) is 14.3. The van der Waals surface area contributed by atoms with E-state index in [2.05, 4.69) is 29.6 Å². The topological polar surface area (TPSA) is 45.5 Å². The number of rotatable bonds is 7. The van der Waals surface area contributed by atoms with Gasteiger partial charge in [0.25, 0.3) is 0 Å². The van der Waals surface area contributed by atoms with Crippen molar-refractivity contribution in [1.29, 1.82) is 0 Å². The zero-order chi connectivity index (χ0) is 18.4. The molecule has 0 aliphatic rings. The van der Waals surface area contributed by atoms with Gasteiger partial charge in [-0.05, 0) is 42.9 Å². The summed E-state index contributed by atoms with van der Waals surface area (Å²) in [6, 6.07) is 22.2. The van der Waals surface area contributed by atoms with Crippen LogP contribution in [0, 0.1) is 0 Å². The van der Waals surface area contributed by atoms with Gasteiger partial charge >= 0.3 is 0 Å². The fraction of sp³-hybridized carbons (Fsp3) is 0.227. The summed E-state index contributed by atoms with van der Waals surface area (Å²) >= 11 is 0. The molecular weight excluding hydrogens is 324 g/mol. The number of furan rings is 1. The summed E-state index contributed by atoms with van der Waals surface area (Å²) in [6.07, 6.45) is 2.02. The van der Waals surface area contributed by atoms with Crippen molar-refractivity contribution in [2.45, 2.75) is 12.5 Å². The molecule has 1 amide bonds. The fourth-order valence-electron chi connectivity index (χ4n) is 2.92. The summed E-state index contributed by atoms with van der Waals surface area (Å²) in [6.45, 7) is 0.515. The highest BCUT2D eigenvalue weighted by Gasteiger charge is 2.17. The fourth-order valence-corrected chi connectivity index (χ4v) is 2.92. The zero-order valence-corrected chi connectivity index (χ0v) is 15.2. The highest BCUT2D eigenvalue weighted by Crippen LogP contribution is 2.20. The van der Waals surface area contributed by atoms with E-state index >= 15 is 0 Å². The minimum absolute atomic E-state index is 0.0101. The van der Waals surface area contributed by atoms with Crippen LogP contribution in [0.2, 0.25) is 0 Å². The molecule has 0 fully saturated rings. The zero-order valence-electron chi connectivity index (χ0n) is 15.2. The van der Waals surface area contributed by atoms with Crippen LogP contribution in [0.5, 0.6) is 0 Å². The maximum atomic E-state index is 12.3. The van der Waals surface area contributed by atoms with Gasteiger partial charge in [-0.3, -0.25) is 9.69 Å². The number of carbonyl (C=O) groups is 1. The normalized spacial score (nSPS) is 12.1. The average Bonchev–Trinajstić information content (AvgIpc) is 3.17. The molecule has 3 rings (SSSR count). The monoisotopic (exact) mass is 348 g/mol. The van der Waals surface area contributed by atoms with Gasteiger partial charge in [0.15, 0.2) is 0 Å². The Morgan fingerprint density at radius 2 is 1.65 bits per heavy atom. The van der Waals surface area contributed by atoms with E-state index in [9.17, 15) is 4.79 Å². The van der Waals surface area contributed by atoms with Crippen molar-refractivity contribution >= 4 is 5.91 Å². The molecule has 0 bridgehead atoms. The lowest BCUT2D eigenvalue weighted by atomic mass is 10.0. The van der Waals surface area contributed by atoms with Crippen LogP contribution in [-0.4, -0.2) is 31.4 Å². The molecular formula is C22H24N2O2. The lowest BCUT2D eigenvalue weighted by Gasteiger charge is -2.22. The number of nitrogens with zero attached hydrogens (tertiary/aromatic N) is 1. The molecule has 0 aliphatic carbocycles. The number of nitrogens with one attached hydrogen (secondary N) is 1. The average molecular weight is 348 g/mol. The summed E-state index contributed by atoms with van der Waals surface area (Å²) in [5.74, 6) is 0.860. The summed E-state index contributed by atoms with van der Waals surface area (Å²) < 4.78 is 5.47. The molecule has 0 saturated heterocycles. The maximum absolute atomic E-state index is 12.3. The van der Waals surface area contributed by atoms with Crippen molar-refractivity contribution in [3.8, 4) is 11.1 Å². The van der Waals surface area contributed by atoms with Crippen LogP contribution in [0.15, 0.2) is 77.4 Å². The van der Waals surface area contributed by atoms with Gasteiger partial charge in [0, 0.05) is 6.54 Å². The Bertz CT molecular complexity index is 809. The number of likely N-dealkylation sites (N-methyl/N-ethyl adjacent to an activating group) is 1. The molecule has 3 aromatic rings. The number of hydrogen-bond donors (Lipinski definition) is 1. The Hall–Kier alpha value is -2.85. The maximum Gasteiger partial charge on any atom is 0.224 e. The highest BCUT2D eigenvalue weighted by atomic mass is 16.3. The van der Waals surface area contributed by atoms with E-state index in [-0.39, 0.29) is 11.9 Å². The number of hydrogen-bond acceptors (Lipinski definition) is 3. The Balaban J connectivity index is 1.56. The first kappa shape index (κ1) is 18.0. The lowest BCUT2D eigenvalue weighted by molar-refractivity contribution is -0.120. The quantitative estimate of drug-likeness (QED) is 0.704. The lowest BCUT2D eigenvalue weighted by Crippen LogP contribution is -2.35. The molecule has 0 unspecified atom stereocenters. The van der Waals surface area contributed by atoms with Crippen molar-refractivity contribution in [3.63, 3.8) is 0 Å². The van der Waals surface area contributed by atoms with Gasteiger partial charge in [-0.2, -0.15) is 0 Å². The first-order valence-electron chi connectivity index (χ1n) is 8.74. The summed E-state index contributed by atoms with van der Waals surface area (Å²) in [7, 11) is 3.95. The Morgan fingerprint density at radius 1 is 0.962 bits per heavy atom. The third-order valence-electron chi connectivity index (χ3n) is 4.41. The first-order valence-corrected chi connectivity index (χ1v) is 8.74. The molecule has 1 heterocycles. The third-order valence-corrected chi connectivity index (χ3v) is 4.41. The van der Waals surface area contributed by atoms with Crippen molar-refractivity contribution in [1.82, 2.24) is 10.2 Å². The van der Waals surface area contributed by atoms with Crippen LogP contribution >= 0.6 is 0 Å². The predicted molar refractivity (Wildman–Crippen MR) is 104 cm³/mol. The van der Waals surface area contributed by atoms with Crippen LogP contribution in [0.3, 0.4) is 0 Å². The van der Waals surface area contributed by atoms with E-state index in [0.29, 0.717) is 13.0 Å². The van der Waals surface area contributed by atoms with Crippen molar-refractivity contribution in [2.75, 3.05) is 20.6 Å². The minimum atomic E-state index is 0.0101. The van der Waals surface area contributed by atoms with Crippen molar-refractivity contribution in [2.24, 2.45) is 0 Å². The van der Waals surface area contributed by atoms with E-state index in [0.717, 1.165) is 16.9 Å². The van der Waals surface area contributed by atoms with Gasteiger partial charge in [0.1, 0.15) is 5.76 Å². The van der Waals surface area contributed by atoms with E-state index in [1.165, 1.54) is 5.56 Å². The minimum Gasteiger partial charge on any atom is -0.468 e. The van der Waals surface area contributed by atoms with Crippen LogP contribution in [0.25, 0.3) is 11.1 Å². The standard InChI is InChI=1S/C22H24N2O2/c1-24(2)20(21-9-6-14-26-21)16-23-22(25)15-17-10-12-19(13-11-17)18-7-4-3-5-8-18/h3-14,20H,15-16H2,1-2H3,(H,23,25)/t20-/m1/s1. The molecule has 26 heavy (non-hydrogen) atoms. The van der Waals surface area contributed by atoms with Gasteiger partial charge in [-0.15, -0.1) is 0 Å². The van der Waals surface area contributed by atoms with Gasteiger partial charge in [-0.1, -0.05) is 54.6 Å². The van der Waals surface area contributed by atoms with E-state index in [1.54, 1.807) is 6.26 Å². The van der Waals surface area contributed by atoms with Crippen LogP contribution in [0.4, 0.5) is 0 Å². The van der Waals surface area contributed by atoms with Crippen LogP contribution in [0.1, 0.15) is 17.4 Å². The van der Waals surface area contributed by atoms with Crippen molar-refractivity contribution < 1.29 is 9.21 Å². The highest BCUT2D eigenvalue weighted by molar-refractivity contribution is 5.79. The van der Waals surface area contributed by atoms with Gasteiger partial charge in [-0.25, -0.2) is 0 Å². The second-order valence-electron chi connectivity index (χ2n) is 6.54. The van der Waals surface area contributed by atoms with Crippen LogP contribution in [-0.2, 0) is 11.2 Å². The Kier molecular flexibility index (Phi) is 5.87. The SMILES string of the molecule is CN(C)[C@H](CNC(=O)Cc1ccc(-c2ccccc2)cc1)c1ccco1. The number of amides is 1. The summed E-state index contributed by atoms with van der Waals surface area (Å²) in [5.41, 5.74) is 3.33. The third kappa shape index (κ3) is 4.61. The predicted octanol–water partition coefficient (Wildman–Crippen LogP) is 3.91. The smallest absolute Gasteiger partial charge is 0.224 e. The van der Waals surface area contributed by atoms with E-state index in [4.69, 9.17) is 4.42 Å². The molecule has 0 saturated carbocycles. The van der Waals surface area contributed by atoms with E-state index < -0.39 is 0 Å². The molecule has 0 radical (unpaired) electrons. The molecule has 4 heteroatoms. The molecule has 4 nitrogen and oxygen atoms in total. The first-order chi connectivity index (χ1) is 12.6. The second-order valence-corrected chi connectivity index (χ2v) is 6.54. The molecule has 0 aliphatic heterocycles. The van der Waals surface area contributed by atoms with Gasteiger partial charge < -0.3 is 9.73 Å². The van der Waals surface area contributed by atoms with E-state index in [1.807, 2.05) is 61.5 Å². The molecule has 134 valence electrons. The van der Waals surface area contributed by atoms with Crippen molar-refractivity contribution in [3.05, 3.63) is 84.3 Å². The Morgan fingerprint density at radius 3 is 2.27 bits per heavy atom. The van der Waals surface area contributed by atoms with Crippen LogP contribution < -0.4 is 5.32 Å². The van der Waals surface area contributed by atoms with Gasteiger partial charge in [0.2, 0.25) is 5.91 Å². The molecule has 0 spiro atoms. The Labute approximate surface area is 154 Å². The number of benzene rings is 2. The molecule has 1 aromatic heterocycles. The molecule has 2 aromatic carbocycles. The number of carbonyl (C=O) groups excluding carboxylic acids is 1. The molecule has 1 N–H and O–H groups in total. The molecule has 1 atom stereocenters. The largest absolute Gasteiger partial charge is 0.468 e.